The van der Waals surface area contributed by atoms with Gasteiger partial charge in [-0.3, -0.25) is 4.79 Å². The molecular formula is C30H30N4OS2. The van der Waals surface area contributed by atoms with Gasteiger partial charge in [-0.2, -0.15) is 5.26 Å². The summed E-state index contributed by atoms with van der Waals surface area (Å²) in [6, 6.07) is 19.0. The summed E-state index contributed by atoms with van der Waals surface area (Å²) in [6.45, 7) is 8.26. The zero-order valence-corrected chi connectivity index (χ0v) is 23.1. The van der Waals surface area contributed by atoms with Gasteiger partial charge in [0.1, 0.15) is 11.1 Å². The second-order valence-corrected chi connectivity index (χ2v) is 12.3. The van der Waals surface area contributed by atoms with E-state index in [2.05, 4.69) is 85.7 Å². The molecule has 2 unspecified atom stereocenters. The second kappa shape index (κ2) is 10.6. The van der Waals surface area contributed by atoms with Gasteiger partial charge in [0, 0.05) is 16.0 Å². The van der Waals surface area contributed by atoms with Crippen LogP contribution in [0.4, 0.5) is 5.00 Å². The molecule has 188 valence electrons. The van der Waals surface area contributed by atoms with Crippen LogP contribution in [0.5, 0.6) is 0 Å². The van der Waals surface area contributed by atoms with Crippen molar-refractivity contribution in [2.75, 3.05) is 5.32 Å². The van der Waals surface area contributed by atoms with Crippen molar-refractivity contribution in [2.24, 2.45) is 5.92 Å². The molecule has 0 spiro atoms. The molecule has 37 heavy (non-hydrogen) atoms. The first-order chi connectivity index (χ1) is 17.8. The molecule has 2 atom stereocenters. The van der Waals surface area contributed by atoms with Crippen LogP contribution in [0.25, 0.3) is 22.5 Å². The van der Waals surface area contributed by atoms with Gasteiger partial charge in [-0.25, -0.2) is 4.98 Å². The fraction of sp³-hybridized carbons (Fsp3) is 0.300. The molecule has 2 aromatic carbocycles. The summed E-state index contributed by atoms with van der Waals surface area (Å²) in [6.07, 6.45) is 2.97. The molecule has 1 aliphatic rings. The zero-order valence-electron chi connectivity index (χ0n) is 21.5. The quantitative estimate of drug-likeness (QED) is 0.254. The number of thioether (sulfide) groups is 1. The monoisotopic (exact) mass is 526 g/mol. The number of anilines is 1. The number of benzene rings is 2. The summed E-state index contributed by atoms with van der Waals surface area (Å²) in [5.74, 6) is 0.485. The van der Waals surface area contributed by atoms with E-state index < -0.39 is 5.25 Å². The van der Waals surface area contributed by atoms with E-state index in [1.165, 1.54) is 27.8 Å². The lowest BCUT2D eigenvalue weighted by Gasteiger charge is -2.17. The third-order valence-corrected chi connectivity index (χ3v) is 9.02. The molecule has 0 saturated carbocycles. The first-order valence-corrected chi connectivity index (χ1v) is 14.3. The van der Waals surface area contributed by atoms with Crippen LogP contribution in [0.15, 0.2) is 53.7 Å². The van der Waals surface area contributed by atoms with E-state index in [-0.39, 0.29) is 5.91 Å². The standard InChI is InChI=1S/C30H30N4OS2/c1-17-5-10-21(11-6-17)26-27(22-12-7-18(2)8-13-22)33-30(32-26)36-20(4)28(35)34-29-24(16-31)23-14-9-19(3)15-25(23)37-29/h5-8,10-13,19-20H,9,14-15H2,1-4H3,(H,32,33)(H,34,35). The molecule has 5 rings (SSSR count). The molecule has 1 aliphatic carbocycles. The van der Waals surface area contributed by atoms with Gasteiger partial charge >= 0.3 is 0 Å². The zero-order chi connectivity index (χ0) is 26.1. The van der Waals surface area contributed by atoms with Gasteiger partial charge in [0.15, 0.2) is 5.16 Å². The van der Waals surface area contributed by atoms with Gasteiger partial charge in [0.05, 0.1) is 22.2 Å². The predicted molar refractivity (Wildman–Crippen MR) is 153 cm³/mol. The number of H-pyrrole nitrogens is 1. The summed E-state index contributed by atoms with van der Waals surface area (Å²) >= 11 is 2.95. The van der Waals surface area contributed by atoms with E-state index >= 15 is 0 Å². The number of imidazole rings is 1. The van der Waals surface area contributed by atoms with Crippen molar-refractivity contribution in [1.29, 1.82) is 5.26 Å². The number of hydrogen-bond donors (Lipinski definition) is 2. The molecule has 0 bridgehead atoms. The normalized spacial score (nSPS) is 15.6. The number of fused-ring (bicyclic) bond motifs is 1. The highest BCUT2D eigenvalue weighted by atomic mass is 32.2. The van der Waals surface area contributed by atoms with Crippen molar-refractivity contribution in [3.63, 3.8) is 0 Å². The summed E-state index contributed by atoms with van der Waals surface area (Å²) in [7, 11) is 0. The van der Waals surface area contributed by atoms with Crippen molar-refractivity contribution in [2.45, 2.75) is 57.4 Å². The smallest absolute Gasteiger partial charge is 0.238 e. The van der Waals surface area contributed by atoms with E-state index in [1.807, 2.05) is 6.92 Å². The van der Waals surface area contributed by atoms with Gasteiger partial charge in [-0.05, 0) is 51.5 Å². The summed E-state index contributed by atoms with van der Waals surface area (Å²) in [5.41, 5.74) is 8.03. The molecular weight excluding hydrogens is 496 g/mol. The molecule has 2 aromatic heterocycles. The average Bonchev–Trinajstić information content (AvgIpc) is 3.45. The number of nitrogens with zero attached hydrogens (tertiary/aromatic N) is 2. The molecule has 2 heterocycles. The van der Waals surface area contributed by atoms with Crippen molar-refractivity contribution in [1.82, 2.24) is 9.97 Å². The molecule has 0 radical (unpaired) electrons. The van der Waals surface area contributed by atoms with Crippen LogP contribution in [-0.2, 0) is 17.6 Å². The Morgan fingerprint density at radius 1 is 1.14 bits per heavy atom. The molecule has 2 N–H and O–H groups in total. The molecule has 4 aromatic rings. The second-order valence-electron chi connectivity index (χ2n) is 9.91. The number of aryl methyl sites for hydroxylation is 2. The van der Waals surface area contributed by atoms with Crippen molar-refractivity contribution >= 4 is 34.0 Å². The Labute approximate surface area is 226 Å². The first-order valence-electron chi connectivity index (χ1n) is 12.6. The number of thiophene rings is 1. The molecule has 0 saturated heterocycles. The SMILES string of the molecule is Cc1ccc(-c2nc(SC(C)C(=O)Nc3sc4c(c3C#N)CCC(C)C4)[nH]c2-c2ccc(C)cc2)cc1. The summed E-state index contributed by atoms with van der Waals surface area (Å²) < 4.78 is 0. The number of carbonyl (C=O) groups excluding carboxylic acids is 1. The Kier molecular flexibility index (Phi) is 7.23. The Balaban J connectivity index is 1.39. The fourth-order valence-electron chi connectivity index (χ4n) is 4.65. The van der Waals surface area contributed by atoms with Gasteiger partial charge in [-0.1, -0.05) is 78.3 Å². The number of aromatic amines is 1. The number of aromatic nitrogens is 2. The largest absolute Gasteiger partial charge is 0.332 e. The molecule has 0 fully saturated rings. The van der Waals surface area contributed by atoms with Crippen molar-refractivity contribution in [3.8, 4) is 28.6 Å². The van der Waals surface area contributed by atoms with Gasteiger partial charge < -0.3 is 10.3 Å². The van der Waals surface area contributed by atoms with Crippen LogP contribution in [0.3, 0.4) is 0 Å². The Morgan fingerprint density at radius 3 is 2.43 bits per heavy atom. The van der Waals surface area contributed by atoms with Crippen LogP contribution in [-0.4, -0.2) is 21.1 Å². The minimum atomic E-state index is -0.396. The van der Waals surface area contributed by atoms with E-state index in [0.29, 0.717) is 21.6 Å². The van der Waals surface area contributed by atoms with Gasteiger partial charge in [0.25, 0.3) is 0 Å². The third kappa shape index (κ3) is 5.36. The molecule has 7 heteroatoms. The third-order valence-electron chi connectivity index (χ3n) is 6.87. The average molecular weight is 527 g/mol. The van der Waals surface area contributed by atoms with E-state index in [1.54, 1.807) is 11.3 Å². The number of hydrogen-bond acceptors (Lipinski definition) is 5. The van der Waals surface area contributed by atoms with E-state index in [9.17, 15) is 10.1 Å². The number of rotatable bonds is 6. The topological polar surface area (TPSA) is 81.6 Å². The molecule has 0 aliphatic heterocycles. The van der Waals surface area contributed by atoms with Crippen molar-refractivity contribution < 1.29 is 4.79 Å². The van der Waals surface area contributed by atoms with Gasteiger partial charge in [0.2, 0.25) is 5.91 Å². The lowest BCUT2D eigenvalue weighted by Crippen LogP contribution is -2.22. The van der Waals surface area contributed by atoms with Gasteiger partial charge in [-0.15, -0.1) is 11.3 Å². The van der Waals surface area contributed by atoms with E-state index in [4.69, 9.17) is 4.98 Å². The first kappa shape index (κ1) is 25.3. The molecule has 1 amide bonds. The highest BCUT2D eigenvalue weighted by Gasteiger charge is 2.26. The number of nitrogens with one attached hydrogen (secondary N) is 2. The molecule has 5 nitrogen and oxygen atoms in total. The van der Waals surface area contributed by atoms with Crippen LogP contribution in [0.1, 0.15) is 47.4 Å². The maximum Gasteiger partial charge on any atom is 0.238 e. The van der Waals surface area contributed by atoms with Crippen LogP contribution < -0.4 is 5.32 Å². The Morgan fingerprint density at radius 2 is 1.78 bits per heavy atom. The maximum atomic E-state index is 13.2. The van der Waals surface area contributed by atoms with Crippen molar-refractivity contribution in [3.05, 3.63) is 75.7 Å². The maximum absolute atomic E-state index is 13.2. The number of amides is 1. The van der Waals surface area contributed by atoms with Crippen LogP contribution in [0.2, 0.25) is 0 Å². The summed E-state index contributed by atoms with van der Waals surface area (Å²) in [5, 5.41) is 13.8. The minimum Gasteiger partial charge on any atom is -0.332 e. The lowest BCUT2D eigenvalue weighted by molar-refractivity contribution is -0.115. The highest BCUT2D eigenvalue weighted by molar-refractivity contribution is 8.00. The minimum absolute atomic E-state index is 0.127. The predicted octanol–water partition coefficient (Wildman–Crippen LogP) is 7.54. The fourth-order valence-corrected chi connectivity index (χ4v) is 6.82. The van der Waals surface area contributed by atoms with Crippen LogP contribution in [0, 0.1) is 31.1 Å². The summed E-state index contributed by atoms with van der Waals surface area (Å²) in [4.78, 5) is 22.8. The highest BCUT2D eigenvalue weighted by Crippen LogP contribution is 2.40. The van der Waals surface area contributed by atoms with Crippen LogP contribution >= 0.6 is 23.1 Å². The Bertz CT molecular complexity index is 1410. The van der Waals surface area contributed by atoms with E-state index in [0.717, 1.165) is 47.3 Å². The number of carbonyl (C=O) groups is 1. The number of nitriles is 1. The Hall–Kier alpha value is -3.34. The lowest BCUT2D eigenvalue weighted by atomic mass is 9.89.